The van der Waals surface area contributed by atoms with E-state index in [1.165, 1.54) is 18.4 Å². The monoisotopic (exact) mass is 201 g/mol. The molecule has 4 nitrogen and oxygen atoms in total. The maximum Gasteiger partial charge on any atom is 0.406 e. The number of carbonyl (C=O) groups excluding carboxylic acids is 1. The number of hydrogen-bond donors (Lipinski definition) is 2. The Morgan fingerprint density at radius 1 is 1.85 bits per heavy atom. The summed E-state index contributed by atoms with van der Waals surface area (Å²) in [4.78, 5) is 11.5. The molecule has 1 rings (SSSR count). The Kier molecular flexibility index (Phi) is 3.72. The number of ether oxygens (including phenoxy) is 1. The van der Waals surface area contributed by atoms with Gasteiger partial charge in [-0.15, -0.1) is 11.3 Å². The first kappa shape index (κ1) is 10.0. The van der Waals surface area contributed by atoms with E-state index in [1.54, 1.807) is 0 Å². The van der Waals surface area contributed by atoms with E-state index in [1.807, 2.05) is 17.5 Å². The molecule has 0 saturated heterocycles. The van der Waals surface area contributed by atoms with Gasteiger partial charge < -0.3 is 15.2 Å². The molecule has 0 aliphatic rings. The summed E-state index contributed by atoms with van der Waals surface area (Å²) >= 11 is 1.45. The average molecular weight is 201 g/mol. The third kappa shape index (κ3) is 3.04. The topological polar surface area (TPSA) is 58.6 Å². The summed E-state index contributed by atoms with van der Waals surface area (Å²) in [6.45, 7) is 0.174. The predicted octanol–water partition coefficient (Wildman–Crippen LogP) is 1.14. The van der Waals surface area contributed by atoms with Gasteiger partial charge in [-0.2, -0.15) is 0 Å². The molecule has 0 aliphatic carbocycles. The molecule has 0 aliphatic heterocycles. The van der Waals surface area contributed by atoms with Gasteiger partial charge >= 0.3 is 6.09 Å². The molecule has 0 radical (unpaired) electrons. The average Bonchev–Trinajstić information content (AvgIpc) is 2.66. The van der Waals surface area contributed by atoms with Crippen LogP contribution in [0.15, 0.2) is 17.5 Å². The van der Waals surface area contributed by atoms with Crippen molar-refractivity contribution in [2.24, 2.45) is 0 Å². The largest absolute Gasteiger partial charge is 0.453 e. The summed E-state index contributed by atoms with van der Waals surface area (Å²) in [7, 11) is 1.28. The van der Waals surface area contributed by atoms with Gasteiger partial charge in [-0.05, 0) is 11.4 Å². The number of aliphatic hydroxyl groups is 1. The zero-order valence-corrected chi connectivity index (χ0v) is 8.00. The van der Waals surface area contributed by atoms with Crippen LogP contribution in [0.2, 0.25) is 0 Å². The lowest BCUT2D eigenvalue weighted by atomic mass is 10.3. The van der Waals surface area contributed by atoms with Gasteiger partial charge in [0, 0.05) is 4.88 Å². The first-order chi connectivity index (χ1) is 6.24. The summed E-state index contributed by atoms with van der Waals surface area (Å²) in [5, 5.41) is 13.8. The third-order valence-electron chi connectivity index (χ3n) is 1.50. The van der Waals surface area contributed by atoms with Crippen molar-refractivity contribution in [1.29, 1.82) is 0 Å². The summed E-state index contributed by atoms with van der Waals surface area (Å²) in [5.74, 6) is 0. The molecule has 13 heavy (non-hydrogen) atoms. The van der Waals surface area contributed by atoms with E-state index < -0.39 is 12.2 Å². The molecule has 1 aromatic rings. The summed E-state index contributed by atoms with van der Waals surface area (Å²) in [5.41, 5.74) is 0. The van der Waals surface area contributed by atoms with Gasteiger partial charge in [-0.25, -0.2) is 4.79 Å². The van der Waals surface area contributed by atoms with Gasteiger partial charge in [0.2, 0.25) is 0 Å². The lowest BCUT2D eigenvalue weighted by molar-refractivity contribution is 0.149. The van der Waals surface area contributed by atoms with Crippen LogP contribution >= 0.6 is 11.3 Å². The Morgan fingerprint density at radius 2 is 2.62 bits per heavy atom. The second kappa shape index (κ2) is 4.84. The molecule has 0 fully saturated rings. The summed E-state index contributed by atoms with van der Waals surface area (Å²) in [6, 6.07) is 3.66. The van der Waals surface area contributed by atoms with E-state index in [2.05, 4.69) is 10.1 Å². The third-order valence-corrected chi connectivity index (χ3v) is 2.47. The summed E-state index contributed by atoms with van der Waals surface area (Å²) < 4.78 is 4.36. The first-order valence-corrected chi connectivity index (χ1v) is 4.65. The van der Waals surface area contributed by atoms with Crippen LogP contribution in [-0.4, -0.2) is 24.9 Å². The second-order valence-electron chi connectivity index (χ2n) is 2.40. The highest BCUT2D eigenvalue weighted by Gasteiger charge is 2.09. The zero-order valence-electron chi connectivity index (χ0n) is 7.19. The van der Waals surface area contributed by atoms with E-state index in [0.29, 0.717) is 0 Å². The van der Waals surface area contributed by atoms with Crippen molar-refractivity contribution in [3.05, 3.63) is 22.4 Å². The normalized spacial score (nSPS) is 12.2. The minimum Gasteiger partial charge on any atom is -0.453 e. The van der Waals surface area contributed by atoms with Crippen molar-refractivity contribution < 1.29 is 14.6 Å². The maximum absolute atomic E-state index is 10.6. The Hall–Kier alpha value is -1.07. The fourth-order valence-electron chi connectivity index (χ4n) is 0.834. The first-order valence-electron chi connectivity index (χ1n) is 3.77. The van der Waals surface area contributed by atoms with Gasteiger partial charge in [-0.1, -0.05) is 6.07 Å². The minimum absolute atomic E-state index is 0.174. The number of nitrogens with one attached hydrogen (secondary N) is 1. The van der Waals surface area contributed by atoms with E-state index >= 15 is 0 Å². The molecular formula is C8H11NO3S. The Balaban J connectivity index is 2.34. The number of alkyl carbamates (subject to hydrolysis) is 1. The van der Waals surface area contributed by atoms with Crippen LogP contribution in [-0.2, 0) is 4.74 Å². The lowest BCUT2D eigenvalue weighted by Crippen LogP contribution is -2.27. The van der Waals surface area contributed by atoms with Crippen LogP contribution in [0.25, 0.3) is 0 Å². The quantitative estimate of drug-likeness (QED) is 0.771. The van der Waals surface area contributed by atoms with Crippen LogP contribution in [0.4, 0.5) is 4.79 Å². The van der Waals surface area contributed by atoms with Crippen LogP contribution in [0, 0.1) is 0 Å². The number of rotatable bonds is 3. The smallest absolute Gasteiger partial charge is 0.406 e. The molecule has 5 heteroatoms. The van der Waals surface area contributed by atoms with E-state index in [-0.39, 0.29) is 6.54 Å². The van der Waals surface area contributed by atoms with Gasteiger partial charge in [0.15, 0.2) is 0 Å². The van der Waals surface area contributed by atoms with Crippen molar-refractivity contribution >= 4 is 17.4 Å². The molecule has 0 saturated carbocycles. The second-order valence-corrected chi connectivity index (χ2v) is 3.38. The van der Waals surface area contributed by atoms with Crippen LogP contribution in [0.1, 0.15) is 11.0 Å². The predicted molar refractivity (Wildman–Crippen MR) is 49.7 cm³/mol. The van der Waals surface area contributed by atoms with E-state index in [9.17, 15) is 9.90 Å². The number of amides is 1. The molecule has 1 amide bonds. The SMILES string of the molecule is COC(=O)NCC(O)c1cccs1. The van der Waals surface area contributed by atoms with Gasteiger partial charge in [0.1, 0.15) is 6.10 Å². The van der Waals surface area contributed by atoms with Gasteiger partial charge in [0.05, 0.1) is 13.7 Å². The van der Waals surface area contributed by atoms with Crippen molar-refractivity contribution in [3.63, 3.8) is 0 Å². The number of carbonyl (C=O) groups is 1. The molecule has 0 bridgehead atoms. The number of methoxy groups -OCH3 is 1. The van der Waals surface area contributed by atoms with Crippen molar-refractivity contribution in [1.82, 2.24) is 5.32 Å². The maximum atomic E-state index is 10.6. The van der Waals surface area contributed by atoms with Crippen LogP contribution in [0.5, 0.6) is 0 Å². The molecule has 72 valence electrons. The van der Waals surface area contributed by atoms with Gasteiger partial charge in [0.25, 0.3) is 0 Å². The minimum atomic E-state index is -0.654. The van der Waals surface area contributed by atoms with E-state index in [4.69, 9.17) is 0 Å². The molecule has 1 heterocycles. The van der Waals surface area contributed by atoms with Gasteiger partial charge in [-0.3, -0.25) is 0 Å². The highest BCUT2D eigenvalue weighted by Crippen LogP contribution is 2.17. The van der Waals surface area contributed by atoms with Crippen LogP contribution in [0.3, 0.4) is 0 Å². The molecule has 0 aromatic carbocycles. The fraction of sp³-hybridized carbons (Fsp3) is 0.375. The molecule has 1 atom stereocenters. The number of aliphatic hydroxyl groups excluding tert-OH is 1. The Morgan fingerprint density at radius 3 is 3.15 bits per heavy atom. The zero-order chi connectivity index (χ0) is 9.68. The molecule has 2 N–H and O–H groups in total. The highest BCUT2D eigenvalue weighted by atomic mass is 32.1. The van der Waals surface area contributed by atoms with Crippen molar-refractivity contribution in [2.75, 3.05) is 13.7 Å². The Bertz CT molecular complexity index is 260. The Labute approximate surface area is 80.2 Å². The standard InChI is InChI=1S/C8H11NO3S/c1-12-8(11)9-5-6(10)7-3-2-4-13-7/h2-4,6,10H,5H2,1H3,(H,9,11). The number of thiophene rings is 1. The molecule has 1 unspecified atom stereocenters. The van der Waals surface area contributed by atoms with E-state index in [0.717, 1.165) is 4.88 Å². The van der Waals surface area contributed by atoms with Crippen LogP contribution < -0.4 is 5.32 Å². The highest BCUT2D eigenvalue weighted by molar-refractivity contribution is 7.10. The van der Waals surface area contributed by atoms with Crippen molar-refractivity contribution in [2.45, 2.75) is 6.10 Å². The molecular weight excluding hydrogens is 190 g/mol. The molecule has 0 spiro atoms. The lowest BCUT2D eigenvalue weighted by Gasteiger charge is -2.08. The fourth-order valence-corrected chi connectivity index (χ4v) is 1.55. The number of hydrogen-bond acceptors (Lipinski definition) is 4. The van der Waals surface area contributed by atoms with Crippen molar-refractivity contribution in [3.8, 4) is 0 Å². The summed E-state index contributed by atoms with van der Waals surface area (Å²) in [6.07, 6.45) is -1.19. The molecule has 1 aromatic heterocycles.